The molecule has 0 amide bonds. The lowest BCUT2D eigenvalue weighted by atomic mass is 9.77. The van der Waals surface area contributed by atoms with Crippen molar-refractivity contribution in [2.45, 2.75) is 90.9 Å². The smallest absolute Gasteiger partial charge is 0.0702 e. The van der Waals surface area contributed by atoms with Gasteiger partial charge in [-0.25, -0.2) is 0 Å². The molecule has 1 aliphatic rings. The van der Waals surface area contributed by atoms with Gasteiger partial charge in [-0.3, -0.25) is 4.98 Å². The zero-order chi connectivity index (χ0) is 19.6. The Morgan fingerprint density at radius 2 is 1.54 bits per heavy atom. The van der Waals surface area contributed by atoms with E-state index in [1.807, 2.05) is 0 Å². The number of nitrogens with zero attached hydrogens (tertiary/aromatic N) is 1. The van der Waals surface area contributed by atoms with E-state index >= 15 is 0 Å². The highest BCUT2D eigenvalue weighted by molar-refractivity contribution is 5.59. The van der Waals surface area contributed by atoms with E-state index in [0.29, 0.717) is 0 Å². The largest absolute Gasteiger partial charge is 0.256 e. The van der Waals surface area contributed by atoms with Gasteiger partial charge in [0, 0.05) is 11.8 Å². The lowest BCUT2D eigenvalue weighted by Crippen LogP contribution is -2.16. The van der Waals surface area contributed by atoms with E-state index in [2.05, 4.69) is 56.4 Å². The summed E-state index contributed by atoms with van der Waals surface area (Å²) in [4.78, 5) is 4.70. The van der Waals surface area contributed by atoms with Crippen molar-refractivity contribution in [3.8, 4) is 11.3 Å². The minimum Gasteiger partial charge on any atom is -0.256 e. The summed E-state index contributed by atoms with van der Waals surface area (Å²) in [6.45, 7) is 4.59. The maximum Gasteiger partial charge on any atom is 0.0702 e. The number of hydrogen-bond donors (Lipinski definition) is 0. The second kappa shape index (κ2) is 11.4. The van der Waals surface area contributed by atoms with E-state index in [1.54, 1.807) is 0 Å². The lowest BCUT2D eigenvalue weighted by Gasteiger charge is -2.29. The summed E-state index contributed by atoms with van der Waals surface area (Å²) < 4.78 is 0. The first-order valence-electron chi connectivity index (χ1n) is 11.8. The highest BCUT2D eigenvalue weighted by Gasteiger charge is 2.21. The molecule has 1 aromatic carbocycles. The molecule has 1 aromatic heterocycles. The highest BCUT2D eigenvalue weighted by atomic mass is 14.7. The predicted molar refractivity (Wildman–Crippen MR) is 122 cm³/mol. The standard InChI is InChI=1S/C27H39N/c1-3-5-6-9-25-16-19-27(28-21-25)26-17-14-22(15-18-26)12-13-24-11-7-10-23(20-24)8-4-2/h14-19,21,23-24H,3-13,20H2,1-2H3. The third-order valence-corrected chi connectivity index (χ3v) is 6.57. The molecule has 2 atom stereocenters. The second-order valence-corrected chi connectivity index (χ2v) is 8.93. The monoisotopic (exact) mass is 377 g/mol. The fraction of sp³-hybridized carbons (Fsp3) is 0.593. The van der Waals surface area contributed by atoms with Crippen LogP contribution in [0.5, 0.6) is 0 Å². The van der Waals surface area contributed by atoms with Crippen LogP contribution in [0.1, 0.15) is 89.2 Å². The van der Waals surface area contributed by atoms with E-state index in [-0.39, 0.29) is 0 Å². The van der Waals surface area contributed by atoms with Gasteiger partial charge in [0.25, 0.3) is 0 Å². The normalized spacial score (nSPS) is 19.6. The van der Waals surface area contributed by atoms with Gasteiger partial charge in [-0.15, -0.1) is 0 Å². The Morgan fingerprint density at radius 3 is 2.21 bits per heavy atom. The van der Waals surface area contributed by atoms with Gasteiger partial charge < -0.3 is 0 Å². The minimum absolute atomic E-state index is 0.951. The van der Waals surface area contributed by atoms with Gasteiger partial charge in [0.05, 0.1) is 5.69 Å². The number of aryl methyl sites for hydroxylation is 2. The Hall–Kier alpha value is -1.63. The molecule has 2 aromatic rings. The van der Waals surface area contributed by atoms with Crippen molar-refractivity contribution in [3.05, 3.63) is 53.7 Å². The summed E-state index contributed by atoms with van der Waals surface area (Å²) in [6.07, 6.45) is 18.3. The van der Waals surface area contributed by atoms with Gasteiger partial charge >= 0.3 is 0 Å². The first kappa shape index (κ1) is 21.1. The Kier molecular flexibility index (Phi) is 8.58. The SMILES string of the molecule is CCCCCc1ccc(-c2ccc(CCC3CCCC(CCC)C3)cc2)nc1. The third-order valence-electron chi connectivity index (χ3n) is 6.57. The summed E-state index contributed by atoms with van der Waals surface area (Å²) >= 11 is 0. The van der Waals surface area contributed by atoms with Crippen LogP contribution in [0.4, 0.5) is 0 Å². The Morgan fingerprint density at radius 1 is 0.786 bits per heavy atom. The van der Waals surface area contributed by atoms with Crippen LogP contribution in [0, 0.1) is 11.8 Å². The van der Waals surface area contributed by atoms with Gasteiger partial charge in [-0.05, 0) is 61.1 Å². The van der Waals surface area contributed by atoms with Crippen LogP contribution in [0.2, 0.25) is 0 Å². The summed E-state index contributed by atoms with van der Waals surface area (Å²) in [7, 11) is 0. The molecular formula is C27H39N. The van der Waals surface area contributed by atoms with Crippen LogP contribution in [0.3, 0.4) is 0 Å². The topological polar surface area (TPSA) is 12.9 Å². The molecule has 0 spiro atoms. The van der Waals surface area contributed by atoms with Crippen LogP contribution in [0.25, 0.3) is 11.3 Å². The average Bonchev–Trinajstić information content (AvgIpc) is 2.74. The molecule has 0 saturated heterocycles. The number of hydrogen-bond acceptors (Lipinski definition) is 1. The van der Waals surface area contributed by atoms with E-state index in [9.17, 15) is 0 Å². The third kappa shape index (κ3) is 6.47. The van der Waals surface area contributed by atoms with E-state index in [0.717, 1.165) is 24.0 Å². The molecule has 28 heavy (non-hydrogen) atoms. The van der Waals surface area contributed by atoms with Crippen molar-refractivity contribution in [2.24, 2.45) is 11.8 Å². The van der Waals surface area contributed by atoms with Crippen molar-refractivity contribution >= 4 is 0 Å². The number of unbranched alkanes of at least 4 members (excludes halogenated alkanes) is 2. The molecule has 152 valence electrons. The molecule has 0 bridgehead atoms. The summed E-state index contributed by atoms with van der Waals surface area (Å²) in [5, 5.41) is 0. The highest BCUT2D eigenvalue weighted by Crippen LogP contribution is 2.34. The molecule has 0 radical (unpaired) electrons. The molecule has 1 aliphatic carbocycles. The maximum atomic E-state index is 4.70. The van der Waals surface area contributed by atoms with Crippen LogP contribution < -0.4 is 0 Å². The number of rotatable bonds is 10. The van der Waals surface area contributed by atoms with Crippen molar-refractivity contribution in [1.29, 1.82) is 0 Å². The molecular weight excluding hydrogens is 338 g/mol. The molecule has 1 saturated carbocycles. The molecule has 1 heteroatoms. The molecule has 1 heterocycles. The zero-order valence-electron chi connectivity index (χ0n) is 18.1. The number of benzene rings is 1. The van der Waals surface area contributed by atoms with Gasteiger partial charge in [-0.2, -0.15) is 0 Å². The van der Waals surface area contributed by atoms with Crippen molar-refractivity contribution < 1.29 is 0 Å². The summed E-state index contributed by atoms with van der Waals surface area (Å²) in [5.41, 5.74) is 5.19. The van der Waals surface area contributed by atoms with E-state index in [4.69, 9.17) is 4.98 Å². The average molecular weight is 378 g/mol. The molecule has 0 N–H and O–H groups in total. The van der Waals surface area contributed by atoms with Gasteiger partial charge in [0.1, 0.15) is 0 Å². The predicted octanol–water partition coefficient (Wildman–Crippen LogP) is 8.02. The summed E-state index contributed by atoms with van der Waals surface area (Å²) in [5.74, 6) is 1.95. The molecule has 1 fully saturated rings. The fourth-order valence-electron chi connectivity index (χ4n) is 4.87. The van der Waals surface area contributed by atoms with Gasteiger partial charge in [0.2, 0.25) is 0 Å². The van der Waals surface area contributed by atoms with Gasteiger partial charge in [0.15, 0.2) is 0 Å². The van der Waals surface area contributed by atoms with Crippen LogP contribution in [-0.2, 0) is 12.8 Å². The number of aromatic nitrogens is 1. The van der Waals surface area contributed by atoms with Crippen LogP contribution in [0.15, 0.2) is 42.6 Å². The first-order chi connectivity index (χ1) is 13.8. The lowest BCUT2D eigenvalue weighted by molar-refractivity contribution is 0.243. The van der Waals surface area contributed by atoms with E-state index in [1.165, 1.54) is 87.3 Å². The van der Waals surface area contributed by atoms with Gasteiger partial charge in [-0.1, -0.05) is 89.1 Å². The number of pyridine rings is 1. The first-order valence-corrected chi connectivity index (χ1v) is 11.8. The quantitative estimate of drug-likeness (QED) is 0.382. The second-order valence-electron chi connectivity index (χ2n) is 8.93. The van der Waals surface area contributed by atoms with Crippen molar-refractivity contribution in [1.82, 2.24) is 4.98 Å². The fourth-order valence-corrected chi connectivity index (χ4v) is 4.87. The zero-order valence-corrected chi connectivity index (χ0v) is 18.1. The van der Waals surface area contributed by atoms with Crippen molar-refractivity contribution in [2.75, 3.05) is 0 Å². The maximum absolute atomic E-state index is 4.70. The summed E-state index contributed by atoms with van der Waals surface area (Å²) in [6, 6.07) is 13.6. The van der Waals surface area contributed by atoms with Crippen molar-refractivity contribution in [3.63, 3.8) is 0 Å². The Bertz CT molecular complexity index is 668. The molecule has 2 unspecified atom stereocenters. The molecule has 1 nitrogen and oxygen atoms in total. The molecule has 3 rings (SSSR count). The van der Waals surface area contributed by atoms with Crippen LogP contribution >= 0.6 is 0 Å². The minimum atomic E-state index is 0.951. The Labute approximate surface area is 173 Å². The van der Waals surface area contributed by atoms with Crippen LogP contribution in [-0.4, -0.2) is 4.98 Å². The molecule has 0 aliphatic heterocycles. The Balaban J connectivity index is 1.49. The van der Waals surface area contributed by atoms with E-state index < -0.39 is 0 Å².